The molecule has 2 aliphatic rings. The molecule has 1 amide bonds. The van der Waals surface area contributed by atoms with Crippen molar-refractivity contribution in [3.8, 4) is 0 Å². The number of aromatic nitrogens is 1. The number of hydrogen-bond acceptors (Lipinski definition) is 3. The Morgan fingerprint density at radius 3 is 2.67 bits per heavy atom. The van der Waals surface area contributed by atoms with Crippen LogP contribution in [0, 0.1) is 5.41 Å². The van der Waals surface area contributed by atoms with Gasteiger partial charge in [0.1, 0.15) is 5.82 Å². The first-order chi connectivity index (χ1) is 8.67. The van der Waals surface area contributed by atoms with Gasteiger partial charge in [0, 0.05) is 32.3 Å². The highest BCUT2D eigenvalue weighted by Crippen LogP contribution is 2.38. The van der Waals surface area contributed by atoms with Gasteiger partial charge in [-0.3, -0.25) is 4.79 Å². The van der Waals surface area contributed by atoms with Gasteiger partial charge in [0.2, 0.25) is 5.91 Å². The molecule has 18 heavy (non-hydrogen) atoms. The van der Waals surface area contributed by atoms with Crippen molar-refractivity contribution < 1.29 is 4.79 Å². The van der Waals surface area contributed by atoms with E-state index in [0.717, 1.165) is 38.3 Å². The van der Waals surface area contributed by atoms with Gasteiger partial charge in [-0.15, -0.1) is 0 Å². The Hall–Kier alpha value is -1.29. The molecule has 2 aliphatic heterocycles. The van der Waals surface area contributed by atoms with E-state index < -0.39 is 0 Å². The Bertz CT molecular complexity index is 452. The van der Waals surface area contributed by atoms with E-state index in [9.17, 15) is 4.79 Å². The Balaban J connectivity index is 1.66. The van der Waals surface area contributed by atoms with E-state index in [4.69, 9.17) is 11.6 Å². The number of amides is 1. The fourth-order valence-electron chi connectivity index (χ4n) is 2.87. The zero-order valence-electron chi connectivity index (χ0n) is 10.2. The van der Waals surface area contributed by atoms with Crippen molar-refractivity contribution in [3.05, 3.63) is 23.4 Å². The van der Waals surface area contributed by atoms with Gasteiger partial charge < -0.3 is 10.2 Å². The van der Waals surface area contributed by atoms with Crippen LogP contribution in [0.4, 0.5) is 5.82 Å². The summed E-state index contributed by atoms with van der Waals surface area (Å²) in [5, 5.41) is 3.62. The molecule has 1 spiro atoms. The van der Waals surface area contributed by atoms with Crippen LogP contribution in [0.1, 0.15) is 19.3 Å². The van der Waals surface area contributed by atoms with E-state index in [2.05, 4.69) is 15.2 Å². The first-order valence-corrected chi connectivity index (χ1v) is 6.68. The Morgan fingerprint density at radius 2 is 2.11 bits per heavy atom. The average Bonchev–Trinajstić information content (AvgIpc) is 2.73. The van der Waals surface area contributed by atoms with E-state index in [1.54, 1.807) is 6.20 Å². The number of rotatable bonds is 1. The van der Waals surface area contributed by atoms with E-state index >= 15 is 0 Å². The van der Waals surface area contributed by atoms with Crippen LogP contribution < -0.4 is 10.2 Å². The first kappa shape index (κ1) is 11.8. The molecule has 0 aromatic carbocycles. The summed E-state index contributed by atoms with van der Waals surface area (Å²) in [7, 11) is 0. The molecule has 2 saturated heterocycles. The van der Waals surface area contributed by atoms with E-state index in [0.29, 0.717) is 11.4 Å². The standard InChI is InChI=1S/C13H16ClN3O/c14-10-1-2-11(15-8-10)17-5-3-13(4-6-17)7-12(18)16-9-13/h1-2,8H,3-7,9H2,(H,16,18). The van der Waals surface area contributed by atoms with Crippen molar-refractivity contribution in [1.29, 1.82) is 0 Å². The van der Waals surface area contributed by atoms with Crippen molar-refractivity contribution >= 4 is 23.3 Å². The van der Waals surface area contributed by atoms with Crippen LogP contribution in [-0.2, 0) is 4.79 Å². The largest absolute Gasteiger partial charge is 0.357 e. The summed E-state index contributed by atoms with van der Waals surface area (Å²) in [6.45, 7) is 2.76. The van der Waals surface area contributed by atoms with Gasteiger partial charge in [0.15, 0.2) is 0 Å². The van der Waals surface area contributed by atoms with E-state index in [-0.39, 0.29) is 11.3 Å². The molecule has 3 rings (SSSR count). The van der Waals surface area contributed by atoms with E-state index in [1.807, 2.05) is 12.1 Å². The lowest BCUT2D eigenvalue weighted by molar-refractivity contribution is -0.119. The maximum Gasteiger partial charge on any atom is 0.220 e. The molecule has 0 bridgehead atoms. The minimum atomic E-state index is 0.194. The highest BCUT2D eigenvalue weighted by Gasteiger charge is 2.40. The molecule has 1 N–H and O–H groups in total. The number of carbonyl (C=O) groups is 1. The summed E-state index contributed by atoms with van der Waals surface area (Å²) in [5.74, 6) is 1.18. The SMILES string of the molecule is O=C1CC2(CCN(c3ccc(Cl)cn3)CC2)CN1. The molecule has 0 atom stereocenters. The maximum atomic E-state index is 11.4. The fraction of sp³-hybridized carbons (Fsp3) is 0.538. The molecular formula is C13H16ClN3O. The van der Waals surface area contributed by atoms with Gasteiger partial charge in [0.25, 0.3) is 0 Å². The first-order valence-electron chi connectivity index (χ1n) is 6.30. The van der Waals surface area contributed by atoms with Gasteiger partial charge in [0.05, 0.1) is 5.02 Å². The summed E-state index contributed by atoms with van der Waals surface area (Å²) in [4.78, 5) is 18.0. The second-order valence-electron chi connectivity index (χ2n) is 5.28. The lowest BCUT2D eigenvalue weighted by Crippen LogP contribution is -2.41. The van der Waals surface area contributed by atoms with Crippen LogP contribution in [-0.4, -0.2) is 30.5 Å². The molecule has 0 saturated carbocycles. The smallest absolute Gasteiger partial charge is 0.220 e. The molecule has 96 valence electrons. The van der Waals surface area contributed by atoms with Crippen LogP contribution in [0.25, 0.3) is 0 Å². The molecule has 0 unspecified atom stereocenters. The van der Waals surface area contributed by atoms with Crippen molar-refractivity contribution in [2.24, 2.45) is 5.41 Å². The number of nitrogens with one attached hydrogen (secondary N) is 1. The minimum Gasteiger partial charge on any atom is -0.357 e. The van der Waals surface area contributed by atoms with Gasteiger partial charge in [-0.05, 0) is 30.4 Å². The second kappa shape index (κ2) is 4.43. The number of anilines is 1. The van der Waals surface area contributed by atoms with Gasteiger partial charge in [-0.25, -0.2) is 4.98 Å². The molecule has 1 aromatic rings. The lowest BCUT2D eigenvalue weighted by atomic mass is 9.78. The molecule has 5 heteroatoms. The molecule has 2 fully saturated rings. The molecular weight excluding hydrogens is 250 g/mol. The predicted octanol–water partition coefficient (Wildman–Crippen LogP) is 1.84. The van der Waals surface area contributed by atoms with Crippen LogP contribution >= 0.6 is 11.6 Å². The van der Waals surface area contributed by atoms with Crippen molar-refractivity contribution in [2.45, 2.75) is 19.3 Å². The summed E-state index contributed by atoms with van der Waals surface area (Å²) in [5.41, 5.74) is 0.194. The van der Waals surface area contributed by atoms with Crippen LogP contribution in [0.3, 0.4) is 0 Å². The Morgan fingerprint density at radius 1 is 1.33 bits per heavy atom. The fourth-order valence-corrected chi connectivity index (χ4v) is 2.98. The normalized spacial score (nSPS) is 22.3. The monoisotopic (exact) mass is 265 g/mol. The van der Waals surface area contributed by atoms with Crippen molar-refractivity contribution in [1.82, 2.24) is 10.3 Å². The van der Waals surface area contributed by atoms with Gasteiger partial charge >= 0.3 is 0 Å². The third-order valence-electron chi connectivity index (χ3n) is 4.06. The zero-order chi connectivity index (χ0) is 12.6. The van der Waals surface area contributed by atoms with Crippen LogP contribution in [0.15, 0.2) is 18.3 Å². The van der Waals surface area contributed by atoms with Crippen LogP contribution in [0.5, 0.6) is 0 Å². The van der Waals surface area contributed by atoms with Gasteiger partial charge in [-0.1, -0.05) is 11.6 Å². The Kier molecular flexibility index (Phi) is 2.90. The second-order valence-corrected chi connectivity index (χ2v) is 5.71. The minimum absolute atomic E-state index is 0.194. The summed E-state index contributed by atoms with van der Waals surface area (Å²) in [6, 6.07) is 3.83. The molecule has 0 aliphatic carbocycles. The van der Waals surface area contributed by atoms with Crippen molar-refractivity contribution in [3.63, 3.8) is 0 Å². The molecule has 0 radical (unpaired) electrons. The third kappa shape index (κ3) is 2.17. The number of nitrogens with zero attached hydrogens (tertiary/aromatic N) is 2. The number of halogens is 1. The molecule has 3 heterocycles. The summed E-state index contributed by atoms with van der Waals surface area (Å²) in [6.07, 6.45) is 4.48. The Labute approximate surface area is 111 Å². The summed E-state index contributed by atoms with van der Waals surface area (Å²) < 4.78 is 0. The summed E-state index contributed by atoms with van der Waals surface area (Å²) >= 11 is 5.84. The number of piperidine rings is 1. The van der Waals surface area contributed by atoms with E-state index in [1.165, 1.54) is 0 Å². The highest BCUT2D eigenvalue weighted by molar-refractivity contribution is 6.30. The highest BCUT2D eigenvalue weighted by atomic mass is 35.5. The predicted molar refractivity (Wildman–Crippen MR) is 70.8 cm³/mol. The van der Waals surface area contributed by atoms with Crippen LogP contribution in [0.2, 0.25) is 5.02 Å². The quantitative estimate of drug-likeness (QED) is 0.843. The zero-order valence-corrected chi connectivity index (χ0v) is 10.9. The number of pyridine rings is 1. The molecule has 4 nitrogen and oxygen atoms in total. The topological polar surface area (TPSA) is 45.2 Å². The lowest BCUT2D eigenvalue weighted by Gasteiger charge is -2.38. The van der Waals surface area contributed by atoms with Crippen molar-refractivity contribution in [2.75, 3.05) is 24.5 Å². The third-order valence-corrected chi connectivity index (χ3v) is 4.28. The molecule has 1 aromatic heterocycles. The maximum absolute atomic E-state index is 11.4. The van der Waals surface area contributed by atoms with Gasteiger partial charge in [-0.2, -0.15) is 0 Å². The number of hydrogen-bond donors (Lipinski definition) is 1. The average molecular weight is 266 g/mol. The number of carbonyl (C=O) groups excluding carboxylic acids is 1.